The van der Waals surface area contributed by atoms with Crippen molar-refractivity contribution in [1.29, 1.82) is 0 Å². The van der Waals surface area contributed by atoms with Crippen LogP contribution in [0.5, 0.6) is 0 Å². The third-order valence-corrected chi connectivity index (χ3v) is 4.07. The van der Waals surface area contributed by atoms with Crippen LogP contribution in [0.2, 0.25) is 0 Å². The van der Waals surface area contributed by atoms with Crippen LogP contribution in [0, 0.1) is 18.7 Å². The average molecular weight is 344 g/mol. The standard InChI is InChI=1S/C16H22FN3O2.ClH/c1-11-3-4-13(9-14(11)17)16(22)20-7-5-19(6-8-20)15(21)12(2)10-18;/h3-4,9,12H,5-8,10,18H2,1-2H3;1H. The van der Waals surface area contributed by atoms with Crippen molar-refractivity contribution in [1.82, 2.24) is 9.80 Å². The summed E-state index contributed by atoms with van der Waals surface area (Å²) < 4.78 is 13.6. The molecule has 128 valence electrons. The van der Waals surface area contributed by atoms with Crippen LogP contribution in [0.15, 0.2) is 18.2 Å². The number of nitrogens with two attached hydrogens (primary N) is 1. The molecular formula is C16H23ClFN3O2. The summed E-state index contributed by atoms with van der Waals surface area (Å²) in [5, 5.41) is 0. The van der Waals surface area contributed by atoms with Crippen molar-refractivity contribution >= 4 is 24.2 Å². The molecule has 1 aromatic carbocycles. The molecule has 1 heterocycles. The van der Waals surface area contributed by atoms with E-state index in [1.807, 2.05) is 0 Å². The Balaban J connectivity index is 0.00000264. The number of piperazine rings is 1. The minimum atomic E-state index is -0.378. The summed E-state index contributed by atoms with van der Waals surface area (Å²) in [6.07, 6.45) is 0. The molecule has 1 atom stereocenters. The van der Waals surface area contributed by atoms with Crippen LogP contribution >= 0.6 is 12.4 Å². The molecule has 23 heavy (non-hydrogen) atoms. The smallest absolute Gasteiger partial charge is 0.254 e. The topological polar surface area (TPSA) is 66.6 Å². The molecule has 0 bridgehead atoms. The Hall–Kier alpha value is -1.66. The highest BCUT2D eigenvalue weighted by molar-refractivity contribution is 5.94. The van der Waals surface area contributed by atoms with E-state index < -0.39 is 0 Å². The van der Waals surface area contributed by atoms with Crippen molar-refractivity contribution in [2.75, 3.05) is 32.7 Å². The van der Waals surface area contributed by atoms with Crippen LogP contribution in [0.4, 0.5) is 4.39 Å². The zero-order valence-electron chi connectivity index (χ0n) is 13.4. The Labute approximate surface area is 142 Å². The summed E-state index contributed by atoms with van der Waals surface area (Å²) in [4.78, 5) is 27.8. The lowest BCUT2D eigenvalue weighted by Crippen LogP contribution is -2.52. The SMILES string of the molecule is Cc1ccc(C(=O)N2CCN(C(=O)C(C)CN)CC2)cc1F.Cl. The lowest BCUT2D eigenvalue weighted by atomic mass is 10.1. The highest BCUT2D eigenvalue weighted by Gasteiger charge is 2.27. The normalized spacial score (nSPS) is 15.8. The maximum absolute atomic E-state index is 13.6. The molecule has 1 aromatic rings. The predicted molar refractivity (Wildman–Crippen MR) is 89.1 cm³/mol. The van der Waals surface area contributed by atoms with Gasteiger partial charge in [0.05, 0.1) is 0 Å². The summed E-state index contributed by atoms with van der Waals surface area (Å²) in [7, 11) is 0. The number of hydrogen-bond acceptors (Lipinski definition) is 3. The van der Waals surface area contributed by atoms with Crippen molar-refractivity contribution in [3.8, 4) is 0 Å². The first-order valence-electron chi connectivity index (χ1n) is 7.48. The van der Waals surface area contributed by atoms with Crippen molar-refractivity contribution in [3.05, 3.63) is 35.1 Å². The number of carbonyl (C=O) groups is 2. The van der Waals surface area contributed by atoms with E-state index in [0.717, 1.165) is 0 Å². The first kappa shape index (κ1) is 19.4. The highest BCUT2D eigenvalue weighted by atomic mass is 35.5. The van der Waals surface area contributed by atoms with Crippen molar-refractivity contribution in [3.63, 3.8) is 0 Å². The molecule has 1 fully saturated rings. The van der Waals surface area contributed by atoms with Gasteiger partial charge in [0.15, 0.2) is 0 Å². The zero-order chi connectivity index (χ0) is 16.3. The summed E-state index contributed by atoms with van der Waals surface area (Å²) in [6.45, 7) is 5.67. The third kappa shape index (κ3) is 4.42. The van der Waals surface area contributed by atoms with E-state index in [1.165, 1.54) is 6.07 Å². The number of nitrogens with zero attached hydrogens (tertiary/aromatic N) is 2. The molecule has 7 heteroatoms. The van der Waals surface area contributed by atoms with Gasteiger partial charge in [0, 0.05) is 44.2 Å². The summed E-state index contributed by atoms with van der Waals surface area (Å²) in [6, 6.07) is 4.51. The molecule has 0 aliphatic carbocycles. The van der Waals surface area contributed by atoms with E-state index in [1.54, 1.807) is 35.8 Å². The van der Waals surface area contributed by atoms with Gasteiger partial charge in [-0.15, -0.1) is 12.4 Å². The molecule has 0 saturated carbocycles. The average Bonchev–Trinajstić information content (AvgIpc) is 2.55. The molecule has 0 aromatic heterocycles. The minimum Gasteiger partial charge on any atom is -0.339 e. The van der Waals surface area contributed by atoms with Crippen molar-refractivity contribution in [2.45, 2.75) is 13.8 Å². The first-order valence-corrected chi connectivity index (χ1v) is 7.48. The monoisotopic (exact) mass is 343 g/mol. The Morgan fingerprint density at radius 3 is 2.30 bits per heavy atom. The van der Waals surface area contributed by atoms with Gasteiger partial charge < -0.3 is 15.5 Å². The van der Waals surface area contributed by atoms with Gasteiger partial charge in [-0.25, -0.2) is 4.39 Å². The van der Waals surface area contributed by atoms with E-state index in [9.17, 15) is 14.0 Å². The first-order chi connectivity index (χ1) is 10.4. The molecule has 2 N–H and O–H groups in total. The molecule has 1 aliphatic heterocycles. The van der Waals surface area contributed by atoms with Gasteiger partial charge >= 0.3 is 0 Å². The van der Waals surface area contributed by atoms with Crippen molar-refractivity contribution in [2.24, 2.45) is 11.7 Å². The van der Waals surface area contributed by atoms with Gasteiger partial charge in [-0.05, 0) is 24.6 Å². The highest BCUT2D eigenvalue weighted by Crippen LogP contribution is 2.14. The molecular weight excluding hydrogens is 321 g/mol. The van der Waals surface area contributed by atoms with Gasteiger partial charge in [0.25, 0.3) is 5.91 Å². The lowest BCUT2D eigenvalue weighted by molar-refractivity contribution is -0.136. The van der Waals surface area contributed by atoms with Crippen LogP contribution in [0.1, 0.15) is 22.8 Å². The maximum atomic E-state index is 13.6. The maximum Gasteiger partial charge on any atom is 0.254 e. The van der Waals surface area contributed by atoms with E-state index in [-0.39, 0.29) is 36.0 Å². The van der Waals surface area contributed by atoms with Gasteiger partial charge in [0.1, 0.15) is 5.82 Å². The van der Waals surface area contributed by atoms with Crippen LogP contribution in [0.25, 0.3) is 0 Å². The van der Waals surface area contributed by atoms with Gasteiger partial charge in [0.2, 0.25) is 5.91 Å². The summed E-state index contributed by atoms with van der Waals surface area (Å²) >= 11 is 0. The van der Waals surface area contributed by atoms with E-state index in [2.05, 4.69) is 0 Å². The molecule has 2 amide bonds. The molecule has 1 saturated heterocycles. The number of benzene rings is 1. The number of halogens is 2. The summed E-state index contributed by atoms with van der Waals surface area (Å²) in [5.41, 5.74) is 6.37. The Morgan fingerprint density at radius 1 is 1.22 bits per heavy atom. The Kier molecular flexibility index (Phi) is 6.97. The fourth-order valence-electron chi connectivity index (χ4n) is 2.45. The number of carbonyl (C=O) groups excluding carboxylic acids is 2. The van der Waals surface area contributed by atoms with E-state index in [0.29, 0.717) is 43.9 Å². The quantitative estimate of drug-likeness (QED) is 0.903. The molecule has 0 radical (unpaired) electrons. The molecule has 1 unspecified atom stereocenters. The predicted octanol–water partition coefficient (Wildman–Crippen LogP) is 1.44. The summed E-state index contributed by atoms with van der Waals surface area (Å²) in [5.74, 6) is -0.751. The van der Waals surface area contributed by atoms with E-state index >= 15 is 0 Å². The van der Waals surface area contributed by atoms with Crippen LogP contribution in [0.3, 0.4) is 0 Å². The molecule has 0 spiro atoms. The Bertz CT molecular complexity index is 574. The largest absolute Gasteiger partial charge is 0.339 e. The fourth-order valence-corrected chi connectivity index (χ4v) is 2.45. The third-order valence-electron chi connectivity index (χ3n) is 4.07. The number of aryl methyl sites for hydroxylation is 1. The molecule has 1 aliphatic rings. The number of hydrogen-bond donors (Lipinski definition) is 1. The zero-order valence-corrected chi connectivity index (χ0v) is 14.2. The van der Waals surface area contributed by atoms with Crippen LogP contribution in [-0.2, 0) is 4.79 Å². The second-order valence-corrected chi connectivity index (χ2v) is 5.72. The van der Waals surface area contributed by atoms with Gasteiger partial charge in [-0.3, -0.25) is 9.59 Å². The van der Waals surface area contributed by atoms with Gasteiger partial charge in [-0.1, -0.05) is 13.0 Å². The van der Waals surface area contributed by atoms with Crippen LogP contribution in [-0.4, -0.2) is 54.3 Å². The fraction of sp³-hybridized carbons (Fsp3) is 0.500. The molecule has 5 nitrogen and oxygen atoms in total. The second kappa shape index (κ2) is 8.26. The number of amides is 2. The second-order valence-electron chi connectivity index (χ2n) is 5.72. The van der Waals surface area contributed by atoms with Gasteiger partial charge in [-0.2, -0.15) is 0 Å². The Morgan fingerprint density at radius 2 is 1.78 bits per heavy atom. The minimum absolute atomic E-state index is 0. The van der Waals surface area contributed by atoms with Crippen LogP contribution < -0.4 is 5.73 Å². The van der Waals surface area contributed by atoms with E-state index in [4.69, 9.17) is 5.73 Å². The molecule has 2 rings (SSSR count). The van der Waals surface area contributed by atoms with Crippen molar-refractivity contribution < 1.29 is 14.0 Å². The number of rotatable bonds is 3. The lowest BCUT2D eigenvalue weighted by Gasteiger charge is -2.36.